The number of nitrogens with two attached hydrogens (primary N) is 1. The second-order valence-corrected chi connectivity index (χ2v) is 4.69. The van der Waals surface area contributed by atoms with E-state index in [1.54, 1.807) is 0 Å². The standard InChI is InChI=1S/C13H18ClNO/c14-12-8-10-4-1-2-7-16-13(10)11(9-12)5-3-6-15/h8-9H,1-7,15H2. The average Bonchev–Trinajstić information content (AvgIpc) is 2.50. The number of halogens is 1. The van der Waals surface area contributed by atoms with Crippen LogP contribution in [0.1, 0.15) is 30.4 Å². The van der Waals surface area contributed by atoms with E-state index < -0.39 is 0 Å². The van der Waals surface area contributed by atoms with Gasteiger partial charge in [-0.1, -0.05) is 11.6 Å². The number of benzene rings is 1. The number of rotatable bonds is 3. The van der Waals surface area contributed by atoms with E-state index in [1.165, 1.54) is 17.5 Å². The molecule has 0 saturated carbocycles. The SMILES string of the molecule is NCCCc1cc(Cl)cc2c1OCCCC2. The molecule has 0 fully saturated rings. The Balaban J connectivity index is 2.31. The van der Waals surface area contributed by atoms with Crippen molar-refractivity contribution in [1.82, 2.24) is 0 Å². The number of hydrogen-bond acceptors (Lipinski definition) is 2. The summed E-state index contributed by atoms with van der Waals surface area (Å²) in [7, 11) is 0. The van der Waals surface area contributed by atoms with Crippen molar-refractivity contribution in [3.63, 3.8) is 0 Å². The van der Waals surface area contributed by atoms with Crippen LogP contribution in [0.5, 0.6) is 5.75 Å². The van der Waals surface area contributed by atoms with E-state index in [9.17, 15) is 0 Å². The maximum absolute atomic E-state index is 6.13. The van der Waals surface area contributed by atoms with Gasteiger partial charge in [0.25, 0.3) is 0 Å². The highest BCUT2D eigenvalue weighted by molar-refractivity contribution is 6.30. The number of aryl methyl sites for hydroxylation is 2. The second kappa shape index (κ2) is 5.55. The van der Waals surface area contributed by atoms with E-state index in [0.717, 1.165) is 43.1 Å². The smallest absolute Gasteiger partial charge is 0.125 e. The van der Waals surface area contributed by atoms with Gasteiger partial charge >= 0.3 is 0 Å². The van der Waals surface area contributed by atoms with E-state index in [-0.39, 0.29) is 0 Å². The molecule has 0 spiro atoms. The molecule has 0 aliphatic carbocycles. The van der Waals surface area contributed by atoms with Crippen molar-refractivity contribution >= 4 is 11.6 Å². The Morgan fingerprint density at radius 2 is 2.19 bits per heavy atom. The van der Waals surface area contributed by atoms with Crippen molar-refractivity contribution in [2.75, 3.05) is 13.2 Å². The van der Waals surface area contributed by atoms with Gasteiger partial charge in [0.2, 0.25) is 0 Å². The summed E-state index contributed by atoms with van der Waals surface area (Å²) in [6, 6.07) is 4.05. The van der Waals surface area contributed by atoms with Crippen molar-refractivity contribution in [3.05, 3.63) is 28.3 Å². The van der Waals surface area contributed by atoms with E-state index in [1.807, 2.05) is 12.1 Å². The van der Waals surface area contributed by atoms with Crippen LogP contribution in [0.3, 0.4) is 0 Å². The first-order valence-corrected chi connectivity index (χ1v) is 6.33. The Bertz CT molecular complexity index is 365. The van der Waals surface area contributed by atoms with Crippen LogP contribution in [-0.2, 0) is 12.8 Å². The second-order valence-electron chi connectivity index (χ2n) is 4.25. The normalized spacial score (nSPS) is 15.1. The summed E-state index contributed by atoms with van der Waals surface area (Å²) >= 11 is 6.13. The van der Waals surface area contributed by atoms with E-state index in [0.29, 0.717) is 6.54 Å². The molecule has 88 valence electrons. The predicted molar refractivity (Wildman–Crippen MR) is 67.3 cm³/mol. The minimum Gasteiger partial charge on any atom is -0.493 e. The molecule has 0 atom stereocenters. The lowest BCUT2D eigenvalue weighted by atomic mass is 10.0. The van der Waals surface area contributed by atoms with Crippen LogP contribution in [0, 0.1) is 0 Å². The Morgan fingerprint density at radius 3 is 3.00 bits per heavy atom. The summed E-state index contributed by atoms with van der Waals surface area (Å²) in [6.45, 7) is 1.53. The van der Waals surface area contributed by atoms with Gasteiger partial charge in [0.05, 0.1) is 6.61 Å². The molecule has 0 bridgehead atoms. The minimum atomic E-state index is 0.710. The molecule has 0 aromatic heterocycles. The van der Waals surface area contributed by atoms with Crippen molar-refractivity contribution < 1.29 is 4.74 Å². The molecule has 3 heteroatoms. The molecule has 2 nitrogen and oxygen atoms in total. The van der Waals surface area contributed by atoms with Crippen LogP contribution in [0.15, 0.2) is 12.1 Å². The fraction of sp³-hybridized carbons (Fsp3) is 0.538. The number of ether oxygens (including phenoxy) is 1. The monoisotopic (exact) mass is 239 g/mol. The third kappa shape index (κ3) is 2.69. The van der Waals surface area contributed by atoms with Crippen LogP contribution < -0.4 is 10.5 Å². The fourth-order valence-electron chi connectivity index (χ4n) is 2.15. The van der Waals surface area contributed by atoms with Gasteiger partial charge in [-0.15, -0.1) is 0 Å². The summed E-state index contributed by atoms with van der Waals surface area (Å²) in [6.07, 6.45) is 5.33. The van der Waals surface area contributed by atoms with Crippen molar-refractivity contribution in [3.8, 4) is 5.75 Å². The van der Waals surface area contributed by atoms with Gasteiger partial charge in [-0.3, -0.25) is 0 Å². The zero-order valence-electron chi connectivity index (χ0n) is 9.47. The van der Waals surface area contributed by atoms with Gasteiger partial charge in [0.15, 0.2) is 0 Å². The van der Waals surface area contributed by atoms with E-state index in [2.05, 4.69) is 0 Å². The van der Waals surface area contributed by atoms with Crippen LogP contribution in [-0.4, -0.2) is 13.2 Å². The maximum Gasteiger partial charge on any atom is 0.125 e. The maximum atomic E-state index is 6.13. The zero-order chi connectivity index (χ0) is 11.4. The highest BCUT2D eigenvalue weighted by Crippen LogP contribution is 2.32. The van der Waals surface area contributed by atoms with Gasteiger partial charge in [-0.2, -0.15) is 0 Å². The topological polar surface area (TPSA) is 35.2 Å². The predicted octanol–water partition coefficient (Wildman–Crippen LogP) is 2.95. The molecular weight excluding hydrogens is 222 g/mol. The summed E-state index contributed by atoms with van der Waals surface area (Å²) in [5, 5.41) is 0.816. The number of fused-ring (bicyclic) bond motifs is 1. The van der Waals surface area contributed by atoms with Crippen LogP contribution in [0.4, 0.5) is 0 Å². The van der Waals surface area contributed by atoms with Crippen LogP contribution in [0.2, 0.25) is 5.02 Å². The highest BCUT2D eigenvalue weighted by atomic mass is 35.5. The molecule has 2 rings (SSSR count). The Kier molecular flexibility index (Phi) is 4.08. The van der Waals surface area contributed by atoms with Gasteiger partial charge in [0.1, 0.15) is 5.75 Å². The lowest BCUT2D eigenvalue weighted by molar-refractivity contribution is 0.313. The van der Waals surface area contributed by atoms with Gasteiger partial charge in [-0.05, 0) is 61.9 Å². The first-order chi connectivity index (χ1) is 7.81. The third-order valence-corrected chi connectivity index (χ3v) is 3.16. The molecule has 1 aromatic rings. The quantitative estimate of drug-likeness (QED) is 0.880. The van der Waals surface area contributed by atoms with Crippen LogP contribution in [0.25, 0.3) is 0 Å². The third-order valence-electron chi connectivity index (χ3n) is 2.94. The Hall–Kier alpha value is -0.730. The van der Waals surface area contributed by atoms with Gasteiger partial charge in [0, 0.05) is 5.02 Å². The van der Waals surface area contributed by atoms with Crippen molar-refractivity contribution in [1.29, 1.82) is 0 Å². The first-order valence-electron chi connectivity index (χ1n) is 5.95. The zero-order valence-corrected chi connectivity index (χ0v) is 10.2. The van der Waals surface area contributed by atoms with Gasteiger partial charge in [-0.25, -0.2) is 0 Å². The van der Waals surface area contributed by atoms with E-state index >= 15 is 0 Å². The molecule has 1 aromatic carbocycles. The molecule has 0 unspecified atom stereocenters. The molecule has 16 heavy (non-hydrogen) atoms. The molecule has 1 aliphatic heterocycles. The summed E-state index contributed by atoms with van der Waals surface area (Å²) < 4.78 is 5.83. The molecule has 1 heterocycles. The average molecular weight is 240 g/mol. The molecule has 1 aliphatic rings. The molecule has 2 N–H and O–H groups in total. The Labute approximate surface area is 102 Å². The van der Waals surface area contributed by atoms with Crippen molar-refractivity contribution in [2.45, 2.75) is 32.1 Å². The number of hydrogen-bond donors (Lipinski definition) is 1. The molecule has 0 saturated heterocycles. The lowest BCUT2D eigenvalue weighted by Crippen LogP contribution is -2.04. The summed E-state index contributed by atoms with van der Waals surface area (Å²) in [5.41, 5.74) is 8.03. The van der Waals surface area contributed by atoms with Crippen molar-refractivity contribution in [2.24, 2.45) is 5.73 Å². The Morgan fingerprint density at radius 1 is 1.31 bits per heavy atom. The van der Waals surface area contributed by atoms with Crippen LogP contribution >= 0.6 is 11.6 Å². The van der Waals surface area contributed by atoms with E-state index in [4.69, 9.17) is 22.1 Å². The molecular formula is C13H18ClNO. The minimum absolute atomic E-state index is 0.710. The summed E-state index contributed by atoms with van der Waals surface area (Å²) in [5.74, 6) is 1.07. The fourth-order valence-corrected chi connectivity index (χ4v) is 2.42. The largest absolute Gasteiger partial charge is 0.493 e. The highest BCUT2D eigenvalue weighted by Gasteiger charge is 2.14. The summed E-state index contributed by atoms with van der Waals surface area (Å²) in [4.78, 5) is 0. The first kappa shape index (κ1) is 11.7. The lowest BCUT2D eigenvalue weighted by Gasteiger charge is -2.13. The molecule has 0 radical (unpaired) electrons. The van der Waals surface area contributed by atoms with Gasteiger partial charge < -0.3 is 10.5 Å². The molecule has 0 amide bonds.